The molecule has 0 atom stereocenters. The predicted octanol–water partition coefficient (Wildman–Crippen LogP) is 4.06. The van der Waals surface area contributed by atoms with E-state index in [-0.39, 0.29) is 0 Å². The van der Waals surface area contributed by atoms with Crippen LogP contribution < -0.4 is 0 Å². The summed E-state index contributed by atoms with van der Waals surface area (Å²) in [6, 6.07) is 0. The smallest absolute Gasteiger partial charge is 0.126 e. The molecule has 0 unspecified atom stereocenters. The Morgan fingerprint density at radius 2 is 1.79 bits per heavy atom. The van der Waals surface area contributed by atoms with Crippen molar-refractivity contribution in [2.24, 2.45) is 0 Å². The van der Waals surface area contributed by atoms with Crippen LogP contribution in [0.15, 0.2) is 6.20 Å². The summed E-state index contributed by atoms with van der Waals surface area (Å²) in [5.74, 6) is 0. The number of aryl methyl sites for hydroxylation is 1. The van der Waals surface area contributed by atoms with Gasteiger partial charge >= 0.3 is 0 Å². The van der Waals surface area contributed by atoms with E-state index < -0.39 is 0 Å². The topological polar surface area (TPSA) is 17.3 Å². The third kappa shape index (κ3) is 1.92. The molecule has 0 aromatic carbocycles. The van der Waals surface area contributed by atoms with Crippen molar-refractivity contribution in [1.82, 2.24) is 9.38 Å². The predicted molar refractivity (Wildman–Crippen MR) is 90.8 cm³/mol. The van der Waals surface area contributed by atoms with Crippen molar-refractivity contribution in [1.29, 1.82) is 0 Å². The van der Waals surface area contributed by atoms with Crippen molar-refractivity contribution >= 4 is 95.9 Å². The largest absolute Gasteiger partial charge is 0.306 e. The van der Waals surface area contributed by atoms with Gasteiger partial charge in [-0.2, -0.15) is 0 Å². The number of hydrogen-bond donors (Lipinski definition) is 0. The molecular weight excluding hydrogens is 632 g/mol. The van der Waals surface area contributed by atoms with E-state index in [0.717, 1.165) is 9.39 Å². The first-order valence-electron chi connectivity index (χ1n) is 3.70. The van der Waals surface area contributed by atoms with Gasteiger partial charge in [0.05, 0.1) is 22.1 Å². The van der Waals surface area contributed by atoms with E-state index in [4.69, 9.17) is 0 Å². The van der Waals surface area contributed by atoms with E-state index in [2.05, 4.69) is 106 Å². The van der Waals surface area contributed by atoms with Crippen LogP contribution in [0.3, 0.4) is 0 Å². The van der Waals surface area contributed by atoms with E-state index in [0.29, 0.717) is 0 Å². The van der Waals surface area contributed by atoms with Crippen molar-refractivity contribution in [3.63, 3.8) is 0 Å². The zero-order chi connectivity index (χ0) is 10.5. The second-order valence-corrected chi connectivity index (χ2v) is 7.01. The molecule has 2 heterocycles. The Morgan fingerprint density at radius 1 is 1.14 bits per heavy atom. The maximum absolute atomic E-state index is 4.47. The molecule has 0 radical (unpaired) electrons. The van der Waals surface area contributed by atoms with Gasteiger partial charge in [0.1, 0.15) is 3.70 Å². The lowest BCUT2D eigenvalue weighted by Crippen LogP contribution is -1.95. The standard InChI is InChI=1S/C8H4I4N2/c1-3-2-14-6(7(11)13-3)4(9)5(10)8(14)12/h2H,1H3. The fourth-order valence-electron chi connectivity index (χ4n) is 1.24. The summed E-state index contributed by atoms with van der Waals surface area (Å²) < 4.78 is 7.17. The van der Waals surface area contributed by atoms with E-state index in [9.17, 15) is 0 Å². The van der Waals surface area contributed by atoms with Crippen LogP contribution in [0.5, 0.6) is 0 Å². The first-order chi connectivity index (χ1) is 6.52. The first-order valence-corrected chi connectivity index (χ1v) is 8.01. The molecule has 0 saturated heterocycles. The molecule has 2 aromatic heterocycles. The molecule has 2 rings (SSSR count). The summed E-state index contributed by atoms with van der Waals surface area (Å²) in [5, 5.41) is 0. The Hall–Kier alpha value is 1.61. The van der Waals surface area contributed by atoms with Crippen molar-refractivity contribution in [3.05, 3.63) is 26.4 Å². The van der Waals surface area contributed by atoms with Crippen LogP contribution in [0.2, 0.25) is 0 Å². The fourth-order valence-corrected chi connectivity index (χ4v) is 5.12. The highest BCUT2D eigenvalue weighted by Crippen LogP contribution is 2.30. The molecule has 0 spiro atoms. The maximum atomic E-state index is 4.47. The van der Waals surface area contributed by atoms with Gasteiger partial charge in [0, 0.05) is 6.20 Å². The summed E-state index contributed by atoms with van der Waals surface area (Å²) in [4.78, 5) is 4.47. The molecule has 6 heteroatoms. The average molecular weight is 636 g/mol. The first kappa shape index (κ1) is 12.1. The zero-order valence-electron chi connectivity index (χ0n) is 6.98. The van der Waals surface area contributed by atoms with Crippen molar-refractivity contribution in [2.45, 2.75) is 6.92 Å². The van der Waals surface area contributed by atoms with E-state index in [1.165, 1.54) is 16.4 Å². The SMILES string of the molecule is Cc1cn2c(I)c(I)c(I)c2c(I)n1. The molecule has 0 saturated carbocycles. The third-order valence-electron chi connectivity index (χ3n) is 1.82. The normalized spacial score (nSPS) is 11.2. The number of rotatable bonds is 0. The number of halogens is 4. The summed E-state index contributed by atoms with van der Waals surface area (Å²) in [7, 11) is 0. The lowest BCUT2D eigenvalue weighted by Gasteiger charge is -2.01. The Bertz CT molecular complexity index is 518. The molecule has 0 aliphatic rings. The van der Waals surface area contributed by atoms with Crippen molar-refractivity contribution < 1.29 is 0 Å². The van der Waals surface area contributed by atoms with E-state index >= 15 is 0 Å². The average Bonchev–Trinajstić information content (AvgIpc) is 2.31. The molecule has 0 N–H and O–H groups in total. The molecule has 0 bridgehead atoms. The van der Waals surface area contributed by atoms with Gasteiger partial charge in [-0.3, -0.25) is 0 Å². The van der Waals surface area contributed by atoms with Gasteiger partial charge in [0.15, 0.2) is 0 Å². The third-order valence-corrected chi connectivity index (χ3v) is 7.80. The van der Waals surface area contributed by atoms with Gasteiger partial charge in [-0.25, -0.2) is 4.98 Å². The highest BCUT2D eigenvalue weighted by atomic mass is 127. The van der Waals surface area contributed by atoms with Crippen LogP contribution in [0, 0.1) is 21.5 Å². The van der Waals surface area contributed by atoms with Crippen molar-refractivity contribution in [3.8, 4) is 0 Å². The molecule has 14 heavy (non-hydrogen) atoms. The van der Waals surface area contributed by atoms with Crippen LogP contribution in [0.4, 0.5) is 0 Å². The monoisotopic (exact) mass is 636 g/mol. The minimum Gasteiger partial charge on any atom is -0.306 e. The second kappa shape index (κ2) is 4.47. The fraction of sp³-hybridized carbons (Fsp3) is 0.125. The van der Waals surface area contributed by atoms with Crippen LogP contribution in [-0.2, 0) is 0 Å². The summed E-state index contributed by atoms with van der Waals surface area (Å²) >= 11 is 9.44. The summed E-state index contributed by atoms with van der Waals surface area (Å²) in [6.45, 7) is 2.03. The van der Waals surface area contributed by atoms with Gasteiger partial charge < -0.3 is 4.40 Å². The van der Waals surface area contributed by atoms with Gasteiger partial charge in [-0.05, 0) is 97.3 Å². The minimum atomic E-state index is 1.06. The van der Waals surface area contributed by atoms with Gasteiger partial charge in [0.25, 0.3) is 0 Å². The maximum Gasteiger partial charge on any atom is 0.126 e. The van der Waals surface area contributed by atoms with Gasteiger partial charge in [0.2, 0.25) is 0 Å². The zero-order valence-corrected chi connectivity index (χ0v) is 15.6. The van der Waals surface area contributed by atoms with Gasteiger partial charge in [-0.1, -0.05) is 0 Å². The molecule has 0 amide bonds. The number of hydrogen-bond acceptors (Lipinski definition) is 1. The van der Waals surface area contributed by atoms with Crippen LogP contribution in [0.25, 0.3) is 5.52 Å². The molecule has 2 aromatic rings. The lowest BCUT2D eigenvalue weighted by atomic mass is 10.5. The van der Waals surface area contributed by atoms with E-state index in [1.54, 1.807) is 0 Å². The molecular formula is C8H4I4N2. The highest BCUT2D eigenvalue weighted by molar-refractivity contribution is 14.1. The second-order valence-electron chi connectivity index (χ2n) is 2.81. The number of nitrogens with zero attached hydrogens (tertiary/aromatic N) is 2. The molecule has 0 aliphatic carbocycles. The molecule has 74 valence electrons. The minimum absolute atomic E-state index is 1.06. The Morgan fingerprint density at radius 3 is 2.43 bits per heavy atom. The Kier molecular flexibility index (Phi) is 3.85. The van der Waals surface area contributed by atoms with Gasteiger partial charge in [-0.15, -0.1) is 0 Å². The van der Waals surface area contributed by atoms with Crippen LogP contribution in [-0.4, -0.2) is 9.38 Å². The molecule has 2 nitrogen and oxygen atoms in total. The molecule has 0 aliphatic heterocycles. The van der Waals surface area contributed by atoms with Crippen LogP contribution in [0.1, 0.15) is 5.69 Å². The number of aromatic nitrogens is 2. The van der Waals surface area contributed by atoms with E-state index in [1.807, 2.05) is 6.92 Å². The number of fused-ring (bicyclic) bond motifs is 1. The molecule has 0 fully saturated rings. The Balaban J connectivity index is 3.02. The van der Waals surface area contributed by atoms with Crippen LogP contribution >= 0.6 is 90.4 Å². The lowest BCUT2D eigenvalue weighted by molar-refractivity contribution is 1.04. The summed E-state index contributed by atoms with van der Waals surface area (Å²) in [5.41, 5.74) is 2.29. The highest BCUT2D eigenvalue weighted by Gasteiger charge is 2.15. The van der Waals surface area contributed by atoms with Crippen molar-refractivity contribution in [2.75, 3.05) is 0 Å². The Labute approximate surface area is 136 Å². The summed E-state index contributed by atoms with van der Waals surface area (Å²) in [6.07, 6.45) is 2.09. The quantitative estimate of drug-likeness (QED) is 0.400.